The number of esters is 1. The van der Waals surface area contributed by atoms with E-state index in [-0.39, 0.29) is 5.97 Å². The number of ether oxygens (including phenoxy) is 1. The molecular formula is C15H20N4O2S. The number of carbonyl (C=O) groups excluding carboxylic acids is 1. The third-order valence-corrected chi connectivity index (χ3v) is 5.02. The normalized spacial score (nSPS) is 13.6. The number of aryl methyl sites for hydroxylation is 2. The molecule has 0 amide bonds. The Balaban J connectivity index is 1.68. The van der Waals surface area contributed by atoms with Crippen LogP contribution in [0.5, 0.6) is 0 Å². The second-order valence-corrected chi connectivity index (χ2v) is 6.90. The van der Waals surface area contributed by atoms with Gasteiger partial charge in [0.05, 0.1) is 13.7 Å². The Bertz CT molecular complexity index is 692. The van der Waals surface area contributed by atoms with E-state index in [4.69, 9.17) is 4.74 Å². The quantitative estimate of drug-likeness (QED) is 0.789. The predicted octanol–water partition coefficient (Wildman–Crippen LogP) is 2.01. The van der Waals surface area contributed by atoms with Crippen molar-refractivity contribution in [3.63, 3.8) is 0 Å². The predicted molar refractivity (Wildman–Crippen MR) is 83.9 cm³/mol. The molecule has 22 heavy (non-hydrogen) atoms. The molecule has 7 heteroatoms. The van der Waals surface area contributed by atoms with Crippen LogP contribution in [0.15, 0.2) is 6.07 Å². The first-order valence-electron chi connectivity index (χ1n) is 7.35. The molecule has 0 saturated carbocycles. The summed E-state index contributed by atoms with van der Waals surface area (Å²) in [4.78, 5) is 15.6. The number of thiophene rings is 1. The molecule has 3 rings (SSSR count). The van der Waals surface area contributed by atoms with Crippen molar-refractivity contribution >= 4 is 17.3 Å². The number of fused-ring (bicyclic) bond motifs is 1. The maximum Gasteiger partial charge on any atom is 0.348 e. The molecule has 2 aromatic rings. The molecule has 0 N–H and O–H groups in total. The van der Waals surface area contributed by atoms with E-state index in [9.17, 15) is 4.79 Å². The standard InChI is InChI=1S/C15H20N4O2S/c1-10-11(7-12(22-10)15(20)21-3)8-18(2)9-14-17-16-13-5-4-6-19(13)14/h7H,4-6,8-9H2,1-3H3. The van der Waals surface area contributed by atoms with Crippen molar-refractivity contribution in [2.75, 3.05) is 14.2 Å². The molecule has 118 valence electrons. The average Bonchev–Trinajstić information content (AvgIpc) is 3.17. The summed E-state index contributed by atoms with van der Waals surface area (Å²) in [5.41, 5.74) is 1.16. The Labute approximate surface area is 133 Å². The minimum atomic E-state index is -0.266. The molecule has 0 aliphatic carbocycles. The fraction of sp³-hybridized carbons (Fsp3) is 0.533. The highest BCUT2D eigenvalue weighted by Crippen LogP contribution is 2.24. The Kier molecular flexibility index (Phi) is 4.26. The van der Waals surface area contributed by atoms with Gasteiger partial charge in [0, 0.05) is 24.4 Å². The summed E-state index contributed by atoms with van der Waals surface area (Å²) in [6, 6.07) is 1.93. The van der Waals surface area contributed by atoms with E-state index in [1.807, 2.05) is 13.0 Å². The number of hydrogen-bond donors (Lipinski definition) is 0. The summed E-state index contributed by atoms with van der Waals surface area (Å²) in [5.74, 6) is 1.86. The smallest absolute Gasteiger partial charge is 0.348 e. The lowest BCUT2D eigenvalue weighted by Gasteiger charge is -2.16. The lowest BCUT2D eigenvalue weighted by atomic mass is 10.2. The zero-order valence-electron chi connectivity index (χ0n) is 13.1. The zero-order valence-corrected chi connectivity index (χ0v) is 13.9. The molecule has 1 aliphatic heterocycles. The number of methoxy groups -OCH3 is 1. The van der Waals surface area contributed by atoms with Crippen molar-refractivity contribution in [2.24, 2.45) is 0 Å². The number of hydrogen-bond acceptors (Lipinski definition) is 6. The highest BCUT2D eigenvalue weighted by atomic mass is 32.1. The highest BCUT2D eigenvalue weighted by molar-refractivity contribution is 7.14. The van der Waals surface area contributed by atoms with E-state index >= 15 is 0 Å². The van der Waals surface area contributed by atoms with Gasteiger partial charge in [0.15, 0.2) is 0 Å². The van der Waals surface area contributed by atoms with E-state index in [1.54, 1.807) is 0 Å². The molecule has 6 nitrogen and oxygen atoms in total. The second-order valence-electron chi connectivity index (χ2n) is 5.64. The van der Waals surface area contributed by atoms with Gasteiger partial charge in [-0.1, -0.05) is 0 Å². The molecule has 0 fully saturated rings. The number of nitrogens with zero attached hydrogens (tertiary/aromatic N) is 4. The fourth-order valence-corrected chi connectivity index (χ4v) is 3.75. The third kappa shape index (κ3) is 2.91. The van der Waals surface area contributed by atoms with E-state index in [1.165, 1.54) is 18.4 Å². The van der Waals surface area contributed by atoms with Gasteiger partial charge in [-0.05, 0) is 32.0 Å². The first kappa shape index (κ1) is 15.2. The first-order chi connectivity index (χ1) is 10.6. The van der Waals surface area contributed by atoms with Crippen LogP contribution in [0.4, 0.5) is 0 Å². The third-order valence-electron chi connectivity index (χ3n) is 3.94. The van der Waals surface area contributed by atoms with E-state index in [0.29, 0.717) is 4.88 Å². The van der Waals surface area contributed by atoms with E-state index < -0.39 is 0 Å². The van der Waals surface area contributed by atoms with Crippen LogP contribution in [0.3, 0.4) is 0 Å². The van der Waals surface area contributed by atoms with Crippen LogP contribution in [0.2, 0.25) is 0 Å². The lowest BCUT2D eigenvalue weighted by molar-refractivity contribution is 0.0606. The molecule has 0 saturated heterocycles. The molecule has 0 spiro atoms. The molecule has 0 bridgehead atoms. The maximum atomic E-state index is 11.6. The van der Waals surface area contributed by atoms with Crippen molar-refractivity contribution in [1.29, 1.82) is 0 Å². The van der Waals surface area contributed by atoms with Gasteiger partial charge in [-0.3, -0.25) is 4.90 Å². The van der Waals surface area contributed by atoms with Crippen LogP contribution in [0.25, 0.3) is 0 Å². The Morgan fingerprint density at radius 3 is 3.05 bits per heavy atom. The van der Waals surface area contributed by atoms with Crippen LogP contribution in [0.1, 0.15) is 38.2 Å². The van der Waals surface area contributed by atoms with Crippen molar-refractivity contribution in [2.45, 2.75) is 39.4 Å². The van der Waals surface area contributed by atoms with Crippen LogP contribution < -0.4 is 0 Å². The zero-order chi connectivity index (χ0) is 15.7. The van der Waals surface area contributed by atoms with Gasteiger partial charge in [0.1, 0.15) is 16.5 Å². The molecule has 1 aliphatic rings. The Morgan fingerprint density at radius 1 is 1.45 bits per heavy atom. The Morgan fingerprint density at radius 2 is 2.27 bits per heavy atom. The summed E-state index contributed by atoms with van der Waals surface area (Å²) >= 11 is 1.48. The summed E-state index contributed by atoms with van der Waals surface area (Å²) < 4.78 is 7.00. The minimum absolute atomic E-state index is 0.266. The highest BCUT2D eigenvalue weighted by Gasteiger charge is 2.19. The van der Waals surface area contributed by atoms with Crippen LogP contribution in [0, 0.1) is 6.92 Å². The first-order valence-corrected chi connectivity index (χ1v) is 8.17. The van der Waals surface area contributed by atoms with E-state index in [2.05, 4.69) is 26.7 Å². The van der Waals surface area contributed by atoms with Crippen molar-refractivity contribution < 1.29 is 9.53 Å². The number of carbonyl (C=O) groups is 1. The molecule has 0 unspecified atom stereocenters. The van der Waals surface area contributed by atoms with Gasteiger partial charge >= 0.3 is 5.97 Å². The molecular weight excluding hydrogens is 300 g/mol. The average molecular weight is 320 g/mol. The van der Waals surface area contributed by atoms with Crippen LogP contribution >= 0.6 is 11.3 Å². The molecule has 0 radical (unpaired) electrons. The summed E-state index contributed by atoms with van der Waals surface area (Å²) in [7, 11) is 3.47. The second kappa shape index (κ2) is 6.18. The lowest BCUT2D eigenvalue weighted by Crippen LogP contribution is -2.20. The maximum absolute atomic E-state index is 11.6. The summed E-state index contributed by atoms with van der Waals surface area (Å²) in [6.07, 6.45) is 2.19. The SMILES string of the molecule is COC(=O)c1cc(CN(C)Cc2nnc3n2CCC3)c(C)s1. The van der Waals surface area contributed by atoms with Crippen molar-refractivity contribution in [3.05, 3.63) is 33.0 Å². The monoisotopic (exact) mass is 320 g/mol. The van der Waals surface area contributed by atoms with Gasteiger partial charge in [-0.2, -0.15) is 0 Å². The molecule has 0 aromatic carbocycles. The Hall–Kier alpha value is -1.73. The van der Waals surface area contributed by atoms with Gasteiger partial charge in [0.2, 0.25) is 0 Å². The minimum Gasteiger partial charge on any atom is -0.465 e. The van der Waals surface area contributed by atoms with Gasteiger partial charge in [0.25, 0.3) is 0 Å². The summed E-state index contributed by atoms with van der Waals surface area (Å²) in [6.45, 7) is 4.60. The fourth-order valence-electron chi connectivity index (χ4n) is 2.79. The van der Waals surface area contributed by atoms with E-state index in [0.717, 1.165) is 54.6 Å². The molecule has 2 aromatic heterocycles. The number of aromatic nitrogens is 3. The van der Waals surface area contributed by atoms with Crippen molar-refractivity contribution in [1.82, 2.24) is 19.7 Å². The number of rotatable bonds is 5. The van der Waals surface area contributed by atoms with Crippen molar-refractivity contribution in [3.8, 4) is 0 Å². The van der Waals surface area contributed by atoms with Gasteiger partial charge in [-0.15, -0.1) is 21.5 Å². The topological polar surface area (TPSA) is 60.2 Å². The van der Waals surface area contributed by atoms with Gasteiger partial charge in [-0.25, -0.2) is 4.79 Å². The molecule has 3 heterocycles. The van der Waals surface area contributed by atoms with Crippen LogP contribution in [-0.2, 0) is 30.8 Å². The summed E-state index contributed by atoms with van der Waals surface area (Å²) in [5, 5.41) is 8.53. The largest absolute Gasteiger partial charge is 0.465 e. The van der Waals surface area contributed by atoms with Gasteiger partial charge < -0.3 is 9.30 Å². The van der Waals surface area contributed by atoms with Crippen LogP contribution in [-0.4, -0.2) is 39.8 Å². The molecule has 0 atom stereocenters.